The smallest absolute Gasteiger partial charge is 0.239 e. The highest BCUT2D eigenvalue weighted by atomic mass is 32.2. The first-order valence-electron chi connectivity index (χ1n) is 11.3. The molecule has 2 aliphatic rings. The van der Waals surface area contributed by atoms with Crippen LogP contribution < -0.4 is 5.73 Å². The second kappa shape index (κ2) is 10.2. The summed E-state index contributed by atoms with van der Waals surface area (Å²) in [4.78, 5) is 14.5. The molecule has 172 valence electrons. The standard InChI is InChI=1S/C24H36N2O4S/c1-17(27)13-19-5-3-6-20(14-19)16-31(29,30)15-18-9-11-21(12-10-18)23(25)24(28)26(2)22-7-4-8-22/h3,5-6,14,18,21-23,27H,1,4,7-13,15-16,25H2,2H3/t18?,21?,23-/m0/s1. The molecule has 0 saturated heterocycles. The zero-order chi connectivity index (χ0) is 22.6. The van der Waals surface area contributed by atoms with Crippen molar-refractivity contribution in [1.82, 2.24) is 4.90 Å². The number of carbonyl (C=O) groups is 1. The van der Waals surface area contributed by atoms with Crippen LogP contribution in [0.3, 0.4) is 0 Å². The van der Waals surface area contributed by atoms with Crippen LogP contribution in [-0.2, 0) is 26.8 Å². The van der Waals surface area contributed by atoms with Gasteiger partial charge in [0.15, 0.2) is 9.84 Å². The number of nitrogens with zero attached hydrogens (tertiary/aromatic N) is 1. The van der Waals surface area contributed by atoms with E-state index in [1.807, 2.05) is 30.1 Å². The van der Waals surface area contributed by atoms with Crippen molar-refractivity contribution in [2.45, 2.75) is 69.2 Å². The molecule has 0 bridgehead atoms. The van der Waals surface area contributed by atoms with Crippen LogP contribution in [0.5, 0.6) is 0 Å². The second-order valence-electron chi connectivity index (χ2n) is 9.46. The van der Waals surface area contributed by atoms with Crippen molar-refractivity contribution in [3.8, 4) is 0 Å². The monoisotopic (exact) mass is 448 g/mol. The van der Waals surface area contributed by atoms with Crippen molar-refractivity contribution in [3.63, 3.8) is 0 Å². The van der Waals surface area contributed by atoms with E-state index in [1.54, 1.807) is 6.07 Å². The van der Waals surface area contributed by atoms with Gasteiger partial charge >= 0.3 is 0 Å². The average molecular weight is 449 g/mol. The van der Waals surface area contributed by atoms with Gasteiger partial charge in [0.1, 0.15) is 0 Å². The fourth-order valence-corrected chi connectivity index (χ4v) is 6.70. The normalized spacial score (nSPS) is 23.0. The molecule has 3 N–H and O–H groups in total. The van der Waals surface area contributed by atoms with E-state index < -0.39 is 15.9 Å². The molecule has 2 aliphatic carbocycles. The molecule has 2 saturated carbocycles. The van der Waals surface area contributed by atoms with Gasteiger partial charge in [0.2, 0.25) is 5.91 Å². The van der Waals surface area contributed by atoms with Crippen molar-refractivity contribution >= 4 is 15.7 Å². The molecule has 6 nitrogen and oxygen atoms in total. The minimum atomic E-state index is -3.25. The summed E-state index contributed by atoms with van der Waals surface area (Å²) in [7, 11) is -1.39. The number of hydrogen-bond donors (Lipinski definition) is 2. The average Bonchev–Trinajstić information content (AvgIpc) is 2.65. The molecule has 1 amide bonds. The SMILES string of the molecule is C=C(O)Cc1cccc(CS(=O)(=O)CC2CCC([C@H](N)C(=O)N(C)C3CCC3)CC2)c1. The maximum atomic E-state index is 12.8. The van der Waals surface area contributed by atoms with Crippen LogP contribution in [0.4, 0.5) is 0 Å². The van der Waals surface area contributed by atoms with E-state index >= 15 is 0 Å². The second-order valence-corrected chi connectivity index (χ2v) is 11.6. The number of aliphatic hydroxyl groups excluding tert-OH is 1. The van der Waals surface area contributed by atoms with Gasteiger partial charge in [-0.2, -0.15) is 0 Å². The molecule has 2 fully saturated rings. The summed E-state index contributed by atoms with van der Waals surface area (Å²) in [5.74, 6) is 0.522. The van der Waals surface area contributed by atoms with E-state index in [4.69, 9.17) is 5.73 Å². The lowest BCUT2D eigenvalue weighted by molar-refractivity contribution is -0.136. The van der Waals surface area contributed by atoms with E-state index in [-0.39, 0.29) is 35.0 Å². The number of sulfone groups is 1. The predicted octanol–water partition coefficient (Wildman–Crippen LogP) is 3.36. The van der Waals surface area contributed by atoms with Crippen molar-refractivity contribution in [1.29, 1.82) is 0 Å². The minimum absolute atomic E-state index is 0.00283. The summed E-state index contributed by atoms with van der Waals surface area (Å²) in [6.45, 7) is 3.49. The summed E-state index contributed by atoms with van der Waals surface area (Å²) in [6.07, 6.45) is 6.84. The highest BCUT2D eigenvalue weighted by molar-refractivity contribution is 7.90. The summed E-state index contributed by atoms with van der Waals surface area (Å²) in [5.41, 5.74) is 7.89. The van der Waals surface area contributed by atoms with E-state index in [9.17, 15) is 18.3 Å². The number of allylic oxidation sites excluding steroid dienone is 1. The lowest BCUT2D eigenvalue weighted by atomic mass is 9.78. The lowest BCUT2D eigenvalue weighted by Crippen LogP contribution is -2.52. The van der Waals surface area contributed by atoms with Crippen molar-refractivity contribution < 1.29 is 18.3 Å². The first-order valence-corrected chi connectivity index (χ1v) is 13.1. The summed E-state index contributed by atoms with van der Waals surface area (Å²) in [5, 5.41) is 9.37. The van der Waals surface area contributed by atoms with E-state index in [1.165, 1.54) is 6.42 Å². The maximum absolute atomic E-state index is 12.8. The predicted molar refractivity (Wildman–Crippen MR) is 123 cm³/mol. The van der Waals surface area contributed by atoms with E-state index in [2.05, 4.69) is 6.58 Å². The molecule has 7 heteroatoms. The summed E-state index contributed by atoms with van der Waals surface area (Å²) < 4.78 is 25.6. The summed E-state index contributed by atoms with van der Waals surface area (Å²) in [6, 6.07) is 7.15. The molecule has 1 aromatic carbocycles. The van der Waals surface area contributed by atoms with Crippen LogP contribution in [0.25, 0.3) is 0 Å². The number of aliphatic hydroxyl groups is 1. The van der Waals surface area contributed by atoms with Crippen molar-refractivity contribution in [3.05, 3.63) is 47.7 Å². The number of hydrogen-bond acceptors (Lipinski definition) is 5. The van der Waals surface area contributed by atoms with Gasteiger partial charge in [0.05, 0.1) is 23.3 Å². The Morgan fingerprint density at radius 2 is 1.84 bits per heavy atom. The molecule has 31 heavy (non-hydrogen) atoms. The van der Waals surface area contributed by atoms with Crippen molar-refractivity contribution in [2.75, 3.05) is 12.8 Å². The zero-order valence-electron chi connectivity index (χ0n) is 18.5. The minimum Gasteiger partial charge on any atom is -0.513 e. The van der Waals surface area contributed by atoms with Crippen molar-refractivity contribution in [2.24, 2.45) is 17.6 Å². The third-order valence-electron chi connectivity index (χ3n) is 6.93. The fourth-order valence-electron chi connectivity index (χ4n) is 4.84. The highest BCUT2D eigenvalue weighted by Gasteiger charge is 2.35. The summed E-state index contributed by atoms with van der Waals surface area (Å²) >= 11 is 0. The zero-order valence-corrected chi connectivity index (χ0v) is 19.3. The molecule has 0 radical (unpaired) electrons. The Labute approximate surface area is 186 Å². The maximum Gasteiger partial charge on any atom is 0.239 e. The molecule has 0 unspecified atom stereocenters. The van der Waals surface area contributed by atoms with Crippen LogP contribution in [-0.4, -0.2) is 49.2 Å². The molecule has 1 aromatic rings. The Morgan fingerprint density at radius 3 is 2.42 bits per heavy atom. The van der Waals surface area contributed by atoms with Gasteiger partial charge in [-0.25, -0.2) is 8.42 Å². The number of benzene rings is 1. The Balaban J connectivity index is 1.49. The Hall–Kier alpha value is -1.86. The van der Waals surface area contributed by atoms with Crippen LogP contribution >= 0.6 is 0 Å². The lowest BCUT2D eigenvalue weighted by Gasteiger charge is -2.38. The molecule has 0 spiro atoms. The highest BCUT2D eigenvalue weighted by Crippen LogP contribution is 2.33. The third kappa shape index (κ3) is 6.56. The first-order chi connectivity index (χ1) is 14.6. The van der Waals surface area contributed by atoms with Gasteiger partial charge in [-0.05, 0) is 67.9 Å². The Kier molecular flexibility index (Phi) is 7.81. The van der Waals surface area contributed by atoms with Gasteiger partial charge in [-0.3, -0.25) is 4.79 Å². The number of amides is 1. The molecule has 0 aliphatic heterocycles. The van der Waals surface area contributed by atoms with Gasteiger partial charge < -0.3 is 15.7 Å². The Morgan fingerprint density at radius 1 is 1.19 bits per heavy atom. The quantitative estimate of drug-likeness (QED) is 0.564. The number of nitrogens with two attached hydrogens (primary N) is 1. The largest absolute Gasteiger partial charge is 0.513 e. The number of carbonyl (C=O) groups excluding carboxylic acids is 1. The molecular weight excluding hydrogens is 412 g/mol. The molecule has 1 atom stereocenters. The molecular formula is C24H36N2O4S. The van der Waals surface area contributed by atoms with Gasteiger partial charge in [-0.15, -0.1) is 0 Å². The van der Waals surface area contributed by atoms with Crippen LogP contribution in [0.2, 0.25) is 0 Å². The number of likely N-dealkylation sites (N-methyl/N-ethyl adjacent to an activating group) is 1. The Bertz CT molecular complexity index is 887. The van der Waals surface area contributed by atoms with E-state index in [0.717, 1.165) is 49.7 Å². The van der Waals surface area contributed by atoms with Crippen LogP contribution in [0.15, 0.2) is 36.6 Å². The van der Waals surface area contributed by atoms with E-state index in [0.29, 0.717) is 12.5 Å². The van der Waals surface area contributed by atoms with Gasteiger partial charge in [0.25, 0.3) is 0 Å². The van der Waals surface area contributed by atoms with Gasteiger partial charge in [-0.1, -0.05) is 30.8 Å². The topological polar surface area (TPSA) is 101 Å². The van der Waals surface area contributed by atoms with Crippen LogP contribution in [0.1, 0.15) is 56.1 Å². The fraction of sp³-hybridized carbons (Fsp3) is 0.625. The van der Waals surface area contributed by atoms with Gasteiger partial charge in [0, 0.05) is 19.5 Å². The third-order valence-corrected chi connectivity index (χ3v) is 8.68. The molecule has 3 rings (SSSR count). The molecule has 0 aromatic heterocycles. The van der Waals surface area contributed by atoms with Crippen LogP contribution in [0, 0.1) is 11.8 Å². The molecule has 0 heterocycles. The number of rotatable bonds is 9. The first kappa shape index (κ1) is 23.8.